The number of aliphatic imine (C=N–C) groups is 1. The summed E-state index contributed by atoms with van der Waals surface area (Å²) in [4.78, 5) is 7.78. The van der Waals surface area contributed by atoms with Crippen LogP contribution in [-0.2, 0) is 6.18 Å². The fourth-order valence-electron chi connectivity index (χ4n) is 6.26. The molecule has 2 heterocycles. The van der Waals surface area contributed by atoms with E-state index < -0.39 is 11.7 Å². The molecule has 4 aliphatic rings. The standard InChI is InChI=1S/C21H25F3N2/c22-21(23,24)16-6-3-14(4-7-16)19-15-5-8-17(13-15)20(19)10-9-18(25-20)26-11-1-2-12-26/h3-4,6-7,15,17,19H,1-2,5,8-13H2. The molecule has 4 unspecified atom stereocenters. The van der Waals surface area contributed by atoms with Crippen LogP contribution >= 0.6 is 0 Å². The molecular formula is C21H25F3N2. The maximum absolute atomic E-state index is 12.9. The van der Waals surface area contributed by atoms with E-state index in [0.717, 1.165) is 31.5 Å². The van der Waals surface area contributed by atoms with E-state index in [4.69, 9.17) is 4.99 Å². The van der Waals surface area contributed by atoms with Crippen LogP contribution in [0.5, 0.6) is 0 Å². The summed E-state index contributed by atoms with van der Waals surface area (Å²) >= 11 is 0. The van der Waals surface area contributed by atoms with Crippen LogP contribution in [-0.4, -0.2) is 29.4 Å². The molecular weight excluding hydrogens is 337 g/mol. The third-order valence-electron chi connectivity index (χ3n) is 7.34. The Hall–Kier alpha value is -1.52. The van der Waals surface area contributed by atoms with Crippen molar-refractivity contribution in [3.63, 3.8) is 0 Å². The van der Waals surface area contributed by atoms with Crippen molar-refractivity contribution in [3.05, 3.63) is 35.4 Å². The minimum absolute atomic E-state index is 0.0550. The lowest BCUT2D eigenvalue weighted by atomic mass is 9.69. The summed E-state index contributed by atoms with van der Waals surface area (Å²) in [6.07, 6.45) is 3.99. The van der Waals surface area contributed by atoms with Crippen molar-refractivity contribution in [2.45, 2.75) is 62.6 Å². The van der Waals surface area contributed by atoms with E-state index in [2.05, 4.69) is 4.90 Å². The topological polar surface area (TPSA) is 15.6 Å². The molecule has 0 radical (unpaired) electrons. The molecule has 1 saturated heterocycles. The highest BCUT2D eigenvalue weighted by atomic mass is 19.4. The van der Waals surface area contributed by atoms with Gasteiger partial charge in [-0.05, 0) is 68.1 Å². The van der Waals surface area contributed by atoms with Crippen molar-refractivity contribution in [1.29, 1.82) is 0 Å². The zero-order valence-corrected chi connectivity index (χ0v) is 14.9. The second-order valence-corrected chi connectivity index (χ2v) is 8.58. The number of likely N-dealkylation sites (tertiary alicyclic amines) is 1. The highest BCUT2D eigenvalue weighted by molar-refractivity contribution is 5.85. The average molecular weight is 362 g/mol. The molecule has 2 aliphatic carbocycles. The Morgan fingerprint density at radius 1 is 1.04 bits per heavy atom. The number of nitrogens with zero attached hydrogens (tertiary/aromatic N) is 2. The lowest BCUT2D eigenvalue weighted by Crippen LogP contribution is -2.38. The summed E-state index contributed by atoms with van der Waals surface area (Å²) in [7, 11) is 0. The van der Waals surface area contributed by atoms with E-state index in [9.17, 15) is 13.2 Å². The maximum Gasteiger partial charge on any atom is 0.416 e. The van der Waals surface area contributed by atoms with E-state index >= 15 is 0 Å². The fourth-order valence-corrected chi connectivity index (χ4v) is 6.26. The SMILES string of the molecule is FC(F)(F)c1ccc(C2C3CCC(C3)C23CCC(N2CCCC2)=N3)cc1. The van der Waals surface area contributed by atoms with Gasteiger partial charge < -0.3 is 4.90 Å². The summed E-state index contributed by atoms with van der Waals surface area (Å²) < 4.78 is 38.8. The first kappa shape index (κ1) is 16.6. The van der Waals surface area contributed by atoms with Gasteiger partial charge in [0.15, 0.2) is 0 Å². The van der Waals surface area contributed by atoms with Crippen molar-refractivity contribution >= 4 is 5.84 Å². The summed E-state index contributed by atoms with van der Waals surface area (Å²) in [5.74, 6) is 2.76. The molecule has 0 aromatic heterocycles. The van der Waals surface area contributed by atoms with E-state index in [1.54, 1.807) is 12.1 Å². The van der Waals surface area contributed by atoms with Crippen molar-refractivity contribution in [3.8, 4) is 0 Å². The Labute approximate surface area is 152 Å². The lowest BCUT2D eigenvalue weighted by molar-refractivity contribution is -0.137. The van der Waals surface area contributed by atoms with Gasteiger partial charge in [0, 0.05) is 25.4 Å². The van der Waals surface area contributed by atoms with E-state index in [0.29, 0.717) is 17.8 Å². The van der Waals surface area contributed by atoms with Crippen molar-refractivity contribution < 1.29 is 13.2 Å². The molecule has 2 saturated carbocycles. The Morgan fingerprint density at radius 3 is 2.46 bits per heavy atom. The first-order chi connectivity index (χ1) is 12.5. The van der Waals surface area contributed by atoms with Crippen LogP contribution in [0, 0.1) is 11.8 Å². The molecule has 140 valence electrons. The minimum Gasteiger partial charge on any atom is -0.360 e. The molecule has 2 nitrogen and oxygen atoms in total. The Morgan fingerprint density at radius 2 is 1.77 bits per heavy atom. The van der Waals surface area contributed by atoms with Gasteiger partial charge in [-0.3, -0.25) is 4.99 Å². The van der Waals surface area contributed by atoms with Crippen LogP contribution in [0.1, 0.15) is 62.0 Å². The van der Waals surface area contributed by atoms with Gasteiger partial charge in [0.25, 0.3) is 0 Å². The second-order valence-electron chi connectivity index (χ2n) is 8.58. The molecule has 5 rings (SSSR count). The Bertz CT molecular complexity index is 718. The highest BCUT2D eigenvalue weighted by Gasteiger charge is 2.60. The molecule has 3 fully saturated rings. The van der Waals surface area contributed by atoms with Crippen LogP contribution in [0.25, 0.3) is 0 Å². The smallest absolute Gasteiger partial charge is 0.360 e. The largest absolute Gasteiger partial charge is 0.416 e. The zero-order valence-electron chi connectivity index (χ0n) is 14.9. The molecule has 26 heavy (non-hydrogen) atoms. The van der Waals surface area contributed by atoms with Crippen LogP contribution in [0.4, 0.5) is 13.2 Å². The van der Waals surface area contributed by atoms with E-state index in [1.165, 1.54) is 50.1 Å². The van der Waals surface area contributed by atoms with E-state index in [-0.39, 0.29) is 5.54 Å². The number of amidine groups is 1. The van der Waals surface area contributed by atoms with Crippen molar-refractivity contribution in [2.75, 3.05) is 13.1 Å². The third kappa shape index (κ3) is 2.42. The molecule has 5 heteroatoms. The fraction of sp³-hybridized carbons (Fsp3) is 0.667. The van der Waals surface area contributed by atoms with Gasteiger partial charge in [-0.1, -0.05) is 12.1 Å². The average Bonchev–Trinajstić information content (AvgIpc) is 3.39. The lowest BCUT2D eigenvalue weighted by Gasteiger charge is -2.39. The van der Waals surface area contributed by atoms with E-state index in [1.807, 2.05) is 0 Å². The van der Waals surface area contributed by atoms with Gasteiger partial charge in [-0.15, -0.1) is 0 Å². The summed E-state index contributed by atoms with van der Waals surface area (Å²) in [6.45, 7) is 2.24. The molecule has 4 atom stereocenters. The normalized spacial score (nSPS) is 36.3. The van der Waals surface area contributed by atoms with Crippen molar-refractivity contribution in [1.82, 2.24) is 4.90 Å². The number of hydrogen-bond acceptors (Lipinski definition) is 2. The molecule has 1 aromatic carbocycles. The predicted molar refractivity (Wildman–Crippen MR) is 95.2 cm³/mol. The monoisotopic (exact) mass is 362 g/mol. The number of rotatable bonds is 1. The minimum atomic E-state index is -4.26. The van der Waals surface area contributed by atoms with Crippen molar-refractivity contribution in [2.24, 2.45) is 16.8 Å². The Kier molecular flexibility index (Phi) is 3.67. The number of halogens is 3. The molecule has 1 spiro atoms. The summed E-state index contributed by atoms with van der Waals surface area (Å²) in [6, 6.07) is 5.96. The second kappa shape index (κ2) is 5.74. The molecule has 2 bridgehead atoms. The van der Waals surface area contributed by atoms with Gasteiger partial charge in [0.05, 0.1) is 16.9 Å². The number of benzene rings is 1. The summed E-state index contributed by atoms with van der Waals surface area (Å²) in [5.41, 5.74) is 0.461. The van der Waals surface area contributed by atoms with Crippen LogP contribution < -0.4 is 0 Å². The Balaban J connectivity index is 1.49. The quantitative estimate of drug-likeness (QED) is 0.666. The molecule has 0 N–H and O–H groups in total. The zero-order chi connectivity index (χ0) is 17.9. The van der Waals surface area contributed by atoms with Crippen LogP contribution in [0.15, 0.2) is 29.3 Å². The van der Waals surface area contributed by atoms with Crippen LogP contribution in [0.2, 0.25) is 0 Å². The third-order valence-corrected chi connectivity index (χ3v) is 7.34. The first-order valence-electron chi connectivity index (χ1n) is 9.98. The van der Waals surface area contributed by atoms with Gasteiger partial charge in [-0.25, -0.2) is 0 Å². The number of hydrogen-bond donors (Lipinski definition) is 0. The number of alkyl halides is 3. The maximum atomic E-state index is 12.9. The summed E-state index contributed by atoms with van der Waals surface area (Å²) in [5, 5.41) is 0. The van der Waals surface area contributed by atoms with Gasteiger partial charge in [-0.2, -0.15) is 13.2 Å². The molecule has 0 amide bonds. The van der Waals surface area contributed by atoms with Gasteiger partial charge in [0.2, 0.25) is 0 Å². The highest BCUT2D eigenvalue weighted by Crippen LogP contribution is 2.63. The van der Waals surface area contributed by atoms with Crippen LogP contribution in [0.3, 0.4) is 0 Å². The van der Waals surface area contributed by atoms with Gasteiger partial charge in [0.1, 0.15) is 0 Å². The first-order valence-corrected chi connectivity index (χ1v) is 9.98. The predicted octanol–water partition coefficient (Wildman–Crippen LogP) is 5.25. The molecule has 1 aromatic rings. The number of fused-ring (bicyclic) bond motifs is 3. The molecule has 2 aliphatic heterocycles. The van der Waals surface area contributed by atoms with Gasteiger partial charge >= 0.3 is 6.18 Å².